The fraction of sp³-hybridized carbons (Fsp3) is 0.300. The number of carbonyl (C=O) groups is 1. The maximum atomic E-state index is 10.9. The molecular formula is C10H13N3O. The fourth-order valence-corrected chi connectivity index (χ4v) is 1.70. The van der Waals surface area contributed by atoms with Gasteiger partial charge in [-0.3, -0.25) is 4.79 Å². The Bertz CT molecular complexity index is 376. The highest BCUT2D eigenvalue weighted by molar-refractivity contribution is 5.94. The first-order valence-electron chi connectivity index (χ1n) is 4.61. The summed E-state index contributed by atoms with van der Waals surface area (Å²) in [4.78, 5) is 10.9. The van der Waals surface area contributed by atoms with Crippen molar-refractivity contribution in [3.8, 4) is 0 Å². The van der Waals surface area contributed by atoms with Crippen molar-refractivity contribution in [1.29, 1.82) is 0 Å². The van der Waals surface area contributed by atoms with E-state index in [1.165, 1.54) is 0 Å². The molecule has 1 aliphatic rings. The molecule has 4 heteroatoms. The number of anilines is 1. The number of rotatable bonds is 1. The molecule has 0 fully saturated rings. The number of amides is 1. The average molecular weight is 191 g/mol. The predicted octanol–water partition coefficient (Wildman–Crippen LogP) is 0.601. The molecule has 0 saturated carbocycles. The van der Waals surface area contributed by atoms with Crippen LogP contribution in [-0.2, 0) is 0 Å². The van der Waals surface area contributed by atoms with E-state index >= 15 is 0 Å². The molecule has 0 spiro atoms. The van der Waals surface area contributed by atoms with Gasteiger partial charge in [0.2, 0.25) is 5.91 Å². The number of hydrogen-bond donors (Lipinski definition) is 3. The van der Waals surface area contributed by atoms with Gasteiger partial charge in [-0.05, 0) is 24.1 Å². The molecule has 1 atom stereocenters. The second-order valence-corrected chi connectivity index (χ2v) is 3.49. The molecule has 14 heavy (non-hydrogen) atoms. The van der Waals surface area contributed by atoms with Crippen molar-refractivity contribution in [2.45, 2.75) is 12.5 Å². The smallest absolute Gasteiger partial charge is 0.248 e. The van der Waals surface area contributed by atoms with Crippen LogP contribution in [-0.4, -0.2) is 12.5 Å². The van der Waals surface area contributed by atoms with Gasteiger partial charge in [0, 0.05) is 23.8 Å². The summed E-state index contributed by atoms with van der Waals surface area (Å²) in [6.07, 6.45) is 0.920. The van der Waals surface area contributed by atoms with Crippen molar-refractivity contribution in [3.63, 3.8) is 0 Å². The van der Waals surface area contributed by atoms with Gasteiger partial charge in [-0.15, -0.1) is 0 Å². The molecule has 1 amide bonds. The third-order valence-corrected chi connectivity index (χ3v) is 2.51. The first-order valence-corrected chi connectivity index (χ1v) is 4.61. The molecule has 0 radical (unpaired) electrons. The summed E-state index contributed by atoms with van der Waals surface area (Å²) < 4.78 is 0. The summed E-state index contributed by atoms with van der Waals surface area (Å²) in [6, 6.07) is 5.41. The van der Waals surface area contributed by atoms with Gasteiger partial charge >= 0.3 is 0 Å². The zero-order valence-corrected chi connectivity index (χ0v) is 7.79. The van der Waals surface area contributed by atoms with Crippen LogP contribution in [0.25, 0.3) is 0 Å². The zero-order valence-electron chi connectivity index (χ0n) is 7.79. The summed E-state index contributed by atoms with van der Waals surface area (Å²) in [5, 5.41) is 3.20. The highest BCUT2D eigenvalue weighted by atomic mass is 16.1. The van der Waals surface area contributed by atoms with Crippen LogP contribution in [0.2, 0.25) is 0 Å². The molecule has 0 unspecified atom stereocenters. The maximum absolute atomic E-state index is 10.9. The van der Waals surface area contributed by atoms with Gasteiger partial charge in [0.15, 0.2) is 0 Å². The van der Waals surface area contributed by atoms with Gasteiger partial charge in [0.1, 0.15) is 0 Å². The van der Waals surface area contributed by atoms with Crippen molar-refractivity contribution >= 4 is 11.6 Å². The van der Waals surface area contributed by atoms with Gasteiger partial charge in [0.25, 0.3) is 0 Å². The van der Waals surface area contributed by atoms with Crippen molar-refractivity contribution in [2.24, 2.45) is 11.5 Å². The summed E-state index contributed by atoms with van der Waals surface area (Å²) in [7, 11) is 0. The zero-order chi connectivity index (χ0) is 10.1. The molecule has 1 aliphatic heterocycles. The van der Waals surface area contributed by atoms with Crippen LogP contribution in [0.1, 0.15) is 28.4 Å². The van der Waals surface area contributed by atoms with Gasteiger partial charge in [0.05, 0.1) is 0 Å². The lowest BCUT2D eigenvalue weighted by molar-refractivity contribution is 0.100. The molecule has 1 aromatic carbocycles. The van der Waals surface area contributed by atoms with Gasteiger partial charge in [-0.1, -0.05) is 6.07 Å². The summed E-state index contributed by atoms with van der Waals surface area (Å²) >= 11 is 0. The Balaban J connectivity index is 2.44. The lowest BCUT2D eigenvalue weighted by Gasteiger charge is -2.23. The van der Waals surface area contributed by atoms with Crippen LogP contribution >= 0.6 is 0 Å². The standard InChI is InChI=1S/C10H13N3O/c11-8-3-4-13-9-5-6(10(12)14)1-2-7(8)9/h1-2,5,8,13H,3-4,11H2,(H2,12,14)/t8-/m1/s1. The van der Waals surface area contributed by atoms with Crippen LogP contribution in [0, 0.1) is 0 Å². The van der Waals surface area contributed by atoms with Crippen LogP contribution in [0.15, 0.2) is 18.2 Å². The van der Waals surface area contributed by atoms with E-state index in [-0.39, 0.29) is 6.04 Å². The van der Waals surface area contributed by atoms with Crippen molar-refractivity contribution in [1.82, 2.24) is 0 Å². The Labute approximate surface area is 82.3 Å². The summed E-state index contributed by atoms with van der Waals surface area (Å²) in [5.41, 5.74) is 13.6. The maximum Gasteiger partial charge on any atom is 0.248 e. The Kier molecular flexibility index (Phi) is 2.13. The van der Waals surface area contributed by atoms with Crippen LogP contribution in [0.4, 0.5) is 5.69 Å². The molecular weight excluding hydrogens is 178 g/mol. The van der Waals surface area contributed by atoms with E-state index in [9.17, 15) is 4.79 Å². The Morgan fingerprint density at radius 1 is 1.50 bits per heavy atom. The molecule has 1 heterocycles. The second-order valence-electron chi connectivity index (χ2n) is 3.49. The molecule has 5 N–H and O–H groups in total. The monoisotopic (exact) mass is 191 g/mol. The number of primary amides is 1. The minimum Gasteiger partial charge on any atom is -0.385 e. The second kappa shape index (κ2) is 3.31. The molecule has 74 valence electrons. The van der Waals surface area contributed by atoms with Crippen molar-refractivity contribution in [2.75, 3.05) is 11.9 Å². The normalized spacial score (nSPS) is 19.6. The minimum atomic E-state index is -0.409. The van der Waals surface area contributed by atoms with E-state index in [4.69, 9.17) is 11.5 Å². The van der Waals surface area contributed by atoms with Crippen LogP contribution in [0.5, 0.6) is 0 Å². The predicted molar refractivity (Wildman–Crippen MR) is 55.0 cm³/mol. The number of carbonyl (C=O) groups excluding carboxylic acids is 1. The molecule has 1 aromatic rings. The largest absolute Gasteiger partial charge is 0.385 e. The van der Waals surface area contributed by atoms with E-state index in [1.807, 2.05) is 6.07 Å². The molecule has 2 rings (SSSR count). The first-order chi connectivity index (χ1) is 6.68. The van der Waals surface area contributed by atoms with E-state index in [0.29, 0.717) is 5.56 Å². The third-order valence-electron chi connectivity index (χ3n) is 2.51. The Hall–Kier alpha value is -1.55. The molecule has 0 saturated heterocycles. The Morgan fingerprint density at radius 3 is 3.00 bits per heavy atom. The molecule has 0 aliphatic carbocycles. The van der Waals surface area contributed by atoms with E-state index < -0.39 is 5.91 Å². The number of fused-ring (bicyclic) bond motifs is 1. The lowest BCUT2D eigenvalue weighted by atomic mass is 9.97. The van der Waals surface area contributed by atoms with Crippen molar-refractivity contribution < 1.29 is 4.79 Å². The lowest BCUT2D eigenvalue weighted by Crippen LogP contribution is -2.23. The highest BCUT2D eigenvalue weighted by Crippen LogP contribution is 2.28. The fourth-order valence-electron chi connectivity index (χ4n) is 1.70. The van der Waals surface area contributed by atoms with Crippen molar-refractivity contribution in [3.05, 3.63) is 29.3 Å². The van der Waals surface area contributed by atoms with Crippen LogP contribution < -0.4 is 16.8 Å². The molecule has 0 bridgehead atoms. The van der Waals surface area contributed by atoms with Gasteiger partial charge in [-0.25, -0.2) is 0 Å². The van der Waals surface area contributed by atoms with Crippen LogP contribution in [0.3, 0.4) is 0 Å². The summed E-state index contributed by atoms with van der Waals surface area (Å²) in [5.74, 6) is -0.409. The molecule has 0 aromatic heterocycles. The first kappa shape index (κ1) is 9.02. The van der Waals surface area contributed by atoms with Gasteiger partial charge < -0.3 is 16.8 Å². The average Bonchev–Trinajstić information content (AvgIpc) is 2.17. The van der Waals surface area contributed by atoms with E-state index in [2.05, 4.69) is 5.32 Å². The quantitative estimate of drug-likeness (QED) is 0.608. The molecule has 4 nitrogen and oxygen atoms in total. The third kappa shape index (κ3) is 1.44. The Morgan fingerprint density at radius 2 is 2.29 bits per heavy atom. The topological polar surface area (TPSA) is 81.1 Å². The number of nitrogens with two attached hydrogens (primary N) is 2. The SMILES string of the molecule is NC(=O)c1ccc2c(c1)NCC[C@H]2N. The number of benzene rings is 1. The number of nitrogens with one attached hydrogen (secondary N) is 1. The highest BCUT2D eigenvalue weighted by Gasteiger charge is 2.16. The summed E-state index contributed by atoms with van der Waals surface area (Å²) in [6.45, 7) is 0.844. The van der Waals surface area contributed by atoms with E-state index in [0.717, 1.165) is 24.2 Å². The van der Waals surface area contributed by atoms with Gasteiger partial charge in [-0.2, -0.15) is 0 Å². The number of hydrogen-bond acceptors (Lipinski definition) is 3. The van der Waals surface area contributed by atoms with E-state index in [1.54, 1.807) is 12.1 Å². The minimum absolute atomic E-state index is 0.0631.